The third-order valence-electron chi connectivity index (χ3n) is 6.67. The summed E-state index contributed by atoms with van der Waals surface area (Å²) < 4.78 is 57.9. The summed E-state index contributed by atoms with van der Waals surface area (Å²) in [7, 11) is 0. The van der Waals surface area contributed by atoms with E-state index in [1.165, 1.54) is 12.1 Å². The van der Waals surface area contributed by atoms with Crippen LogP contribution in [0.15, 0.2) is 59.6 Å². The summed E-state index contributed by atoms with van der Waals surface area (Å²) in [4.78, 5) is 12.9. The number of rotatable bonds is 5. The zero-order valence-electron chi connectivity index (χ0n) is 17.6. The van der Waals surface area contributed by atoms with Crippen LogP contribution >= 0.6 is 11.6 Å². The van der Waals surface area contributed by atoms with E-state index in [1.54, 1.807) is 19.9 Å². The lowest BCUT2D eigenvalue weighted by Crippen LogP contribution is -2.14. The molecule has 0 amide bonds. The van der Waals surface area contributed by atoms with Crippen LogP contribution < -0.4 is 0 Å². The molecule has 0 bridgehead atoms. The molecule has 0 aliphatic heterocycles. The second-order valence-electron chi connectivity index (χ2n) is 9.16. The number of ether oxygens (including phenoxy) is 1. The van der Waals surface area contributed by atoms with Crippen molar-refractivity contribution in [1.29, 1.82) is 0 Å². The first kappa shape index (κ1) is 22.8. The molecule has 170 valence electrons. The van der Waals surface area contributed by atoms with Crippen molar-refractivity contribution in [2.75, 3.05) is 0 Å². The predicted molar refractivity (Wildman–Crippen MR) is 113 cm³/mol. The van der Waals surface area contributed by atoms with Gasteiger partial charge >= 0.3 is 12.1 Å². The maximum absolute atomic E-state index is 13.6. The van der Waals surface area contributed by atoms with Gasteiger partial charge in [-0.3, -0.25) is 4.79 Å². The van der Waals surface area contributed by atoms with Crippen molar-refractivity contribution in [3.63, 3.8) is 0 Å². The molecule has 0 unspecified atom stereocenters. The number of carbonyl (C=O) groups is 1. The first-order valence-electron chi connectivity index (χ1n) is 10.5. The Morgan fingerprint density at radius 3 is 2.50 bits per heavy atom. The molecule has 4 atom stereocenters. The summed E-state index contributed by atoms with van der Waals surface area (Å²) in [6.45, 7) is 3.46. The standard InChI is InChI=1S/C25H23ClF4O2/c1-24(2)19(13-21(26)25(28,29)30)22(24)23(31)32-20-12-15(17-8-3-4-9-18(17)20)10-14-6-5-7-16(27)11-14/h3-9,11,13,15,19-20,22H,10,12H2,1-2H3/t15-,19-,20-,22-/m0/s1. The van der Waals surface area contributed by atoms with Crippen LogP contribution in [0.2, 0.25) is 0 Å². The molecule has 0 heterocycles. The minimum atomic E-state index is -4.64. The number of alkyl halides is 3. The van der Waals surface area contributed by atoms with Crippen LogP contribution in [0, 0.1) is 23.1 Å². The van der Waals surface area contributed by atoms with E-state index in [9.17, 15) is 22.4 Å². The second-order valence-corrected chi connectivity index (χ2v) is 9.57. The topological polar surface area (TPSA) is 26.3 Å². The first-order chi connectivity index (χ1) is 15.0. The van der Waals surface area contributed by atoms with Crippen LogP contribution in [0.5, 0.6) is 0 Å². The minimum absolute atomic E-state index is 0.0494. The van der Waals surface area contributed by atoms with E-state index in [0.29, 0.717) is 12.8 Å². The van der Waals surface area contributed by atoms with Crippen molar-refractivity contribution in [2.24, 2.45) is 17.3 Å². The molecule has 2 aromatic carbocycles. The Labute approximate surface area is 189 Å². The maximum atomic E-state index is 13.6. The Morgan fingerprint density at radius 2 is 1.84 bits per heavy atom. The average molecular weight is 467 g/mol. The van der Waals surface area contributed by atoms with E-state index in [1.807, 2.05) is 30.3 Å². The third-order valence-corrected chi connectivity index (χ3v) is 7.01. The number of benzene rings is 2. The van der Waals surface area contributed by atoms with Gasteiger partial charge in [-0.2, -0.15) is 13.2 Å². The fourth-order valence-electron chi connectivity index (χ4n) is 4.85. The summed E-state index contributed by atoms with van der Waals surface area (Å²) >= 11 is 5.39. The van der Waals surface area contributed by atoms with Gasteiger partial charge in [-0.1, -0.05) is 67.9 Å². The summed E-state index contributed by atoms with van der Waals surface area (Å²) in [5.41, 5.74) is 2.12. The van der Waals surface area contributed by atoms with Gasteiger partial charge in [0.05, 0.1) is 5.92 Å². The van der Waals surface area contributed by atoms with E-state index >= 15 is 0 Å². The highest BCUT2D eigenvalue weighted by atomic mass is 35.5. The van der Waals surface area contributed by atoms with E-state index in [4.69, 9.17) is 16.3 Å². The summed E-state index contributed by atoms with van der Waals surface area (Å²) in [6, 6.07) is 14.1. The molecule has 2 aliphatic carbocycles. The van der Waals surface area contributed by atoms with Crippen LogP contribution in [0.25, 0.3) is 0 Å². The lowest BCUT2D eigenvalue weighted by molar-refractivity contribution is -0.152. The Balaban J connectivity index is 1.49. The molecule has 2 aromatic rings. The third kappa shape index (κ3) is 4.42. The summed E-state index contributed by atoms with van der Waals surface area (Å²) in [5, 5.41) is -1.22. The van der Waals surface area contributed by atoms with Gasteiger partial charge in [0, 0.05) is 0 Å². The van der Waals surface area contributed by atoms with E-state index in [0.717, 1.165) is 22.8 Å². The molecule has 0 N–H and O–H groups in total. The number of fused-ring (bicyclic) bond motifs is 1. The quantitative estimate of drug-likeness (QED) is 0.347. The molecule has 7 heteroatoms. The fourth-order valence-corrected chi connectivity index (χ4v) is 4.98. The zero-order valence-corrected chi connectivity index (χ0v) is 18.4. The highest BCUT2D eigenvalue weighted by Crippen LogP contribution is 2.61. The molecule has 1 saturated carbocycles. The Kier molecular flexibility index (Phi) is 5.86. The summed E-state index contributed by atoms with van der Waals surface area (Å²) in [6.07, 6.45) is -3.06. The number of halogens is 5. The number of carbonyl (C=O) groups excluding carboxylic acids is 1. The fraction of sp³-hybridized carbons (Fsp3) is 0.400. The Bertz CT molecular complexity index is 1060. The highest BCUT2D eigenvalue weighted by molar-refractivity contribution is 6.30. The van der Waals surface area contributed by atoms with Crippen LogP contribution in [-0.2, 0) is 16.0 Å². The zero-order chi connectivity index (χ0) is 23.3. The van der Waals surface area contributed by atoms with Crippen molar-refractivity contribution >= 4 is 17.6 Å². The normalized spacial score (nSPS) is 26.5. The molecule has 2 aliphatic rings. The molecule has 4 rings (SSSR count). The predicted octanol–water partition coefficient (Wildman–Crippen LogP) is 7.10. The van der Waals surface area contributed by atoms with Crippen molar-refractivity contribution in [2.45, 2.75) is 44.9 Å². The number of esters is 1. The lowest BCUT2D eigenvalue weighted by Gasteiger charge is -2.15. The van der Waals surface area contributed by atoms with Gasteiger partial charge < -0.3 is 4.74 Å². The Morgan fingerprint density at radius 1 is 1.16 bits per heavy atom. The molecule has 0 saturated heterocycles. The smallest absolute Gasteiger partial charge is 0.426 e. The van der Waals surface area contributed by atoms with E-state index in [2.05, 4.69) is 0 Å². The van der Waals surface area contributed by atoms with Crippen LogP contribution in [0.1, 0.15) is 49.0 Å². The van der Waals surface area contributed by atoms with Gasteiger partial charge in [-0.05, 0) is 58.9 Å². The maximum Gasteiger partial charge on any atom is 0.426 e. The van der Waals surface area contributed by atoms with Crippen LogP contribution in [0.4, 0.5) is 17.6 Å². The van der Waals surface area contributed by atoms with Gasteiger partial charge in [-0.25, -0.2) is 4.39 Å². The molecule has 1 fully saturated rings. The molecule has 0 aromatic heterocycles. The van der Waals surface area contributed by atoms with E-state index in [-0.39, 0.29) is 11.7 Å². The van der Waals surface area contributed by atoms with Crippen molar-refractivity contribution < 1.29 is 27.1 Å². The Hall–Kier alpha value is -2.34. The molecular weight excluding hydrogens is 444 g/mol. The molecule has 0 spiro atoms. The largest absolute Gasteiger partial charge is 0.457 e. The first-order valence-corrected chi connectivity index (χ1v) is 10.8. The number of hydrogen-bond acceptors (Lipinski definition) is 2. The van der Waals surface area contributed by atoms with E-state index < -0.39 is 40.5 Å². The monoisotopic (exact) mass is 466 g/mol. The van der Waals surface area contributed by atoms with Gasteiger partial charge in [-0.15, -0.1) is 0 Å². The lowest BCUT2D eigenvalue weighted by atomic mass is 9.93. The van der Waals surface area contributed by atoms with Gasteiger partial charge in [0.25, 0.3) is 0 Å². The van der Waals surface area contributed by atoms with Crippen molar-refractivity contribution in [3.8, 4) is 0 Å². The number of allylic oxidation sites excluding steroid dienone is 2. The minimum Gasteiger partial charge on any atom is -0.457 e. The second kappa shape index (κ2) is 8.22. The van der Waals surface area contributed by atoms with Crippen LogP contribution in [-0.4, -0.2) is 12.1 Å². The molecular formula is C25H23ClF4O2. The highest BCUT2D eigenvalue weighted by Gasteiger charge is 2.62. The van der Waals surface area contributed by atoms with Crippen molar-refractivity contribution in [1.82, 2.24) is 0 Å². The average Bonchev–Trinajstić information content (AvgIpc) is 3.08. The van der Waals surface area contributed by atoms with Gasteiger partial charge in [0.1, 0.15) is 17.0 Å². The van der Waals surface area contributed by atoms with Gasteiger partial charge in [0.15, 0.2) is 0 Å². The molecule has 32 heavy (non-hydrogen) atoms. The molecule has 2 nitrogen and oxygen atoms in total. The SMILES string of the molecule is CC1(C)[C@H](C(=O)O[C@H]2C[C@H](Cc3cccc(F)c3)c3ccccc32)[C@@H]1C=C(Cl)C(F)(F)F. The molecule has 0 radical (unpaired) electrons. The number of hydrogen-bond donors (Lipinski definition) is 0. The van der Waals surface area contributed by atoms with Crippen molar-refractivity contribution in [3.05, 3.63) is 82.1 Å². The van der Waals surface area contributed by atoms with Gasteiger partial charge in [0.2, 0.25) is 0 Å². The van der Waals surface area contributed by atoms with Crippen LogP contribution in [0.3, 0.4) is 0 Å². The summed E-state index contributed by atoms with van der Waals surface area (Å²) in [5.74, 6) is -2.09.